The maximum Gasteiger partial charge on any atom is 0.251 e. The Kier molecular flexibility index (Phi) is 6.24. The zero-order chi connectivity index (χ0) is 17.7. The highest BCUT2D eigenvalue weighted by Gasteiger charge is 2.50. The van der Waals surface area contributed by atoms with Gasteiger partial charge in [-0.2, -0.15) is 0 Å². The van der Waals surface area contributed by atoms with Crippen LogP contribution in [0.3, 0.4) is 0 Å². The largest absolute Gasteiger partial charge is 0.491 e. The number of amides is 1. The number of rotatable bonds is 8. The van der Waals surface area contributed by atoms with Crippen LogP contribution < -0.4 is 10.1 Å². The molecule has 0 spiro atoms. The van der Waals surface area contributed by atoms with Crippen LogP contribution in [-0.4, -0.2) is 44.5 Å². The Hall–Kier alpha value is -1.59. The van der Waals surface area contributed by atoms with E-state index in [1.54, 1.807) is 19.2 Å². The van der Waals surface area contributed by atoms with Crippen LogP contribution in [0.1, 0.15) is 44.5 Å². The number of benzene rings is 1. The van der Waals surface area contributed by atoms with Gasteiger partial charge >= 0.3 is 0 Å². The van der Waals surface area contributed by atoms with Crippen LogP contribution in [0.2, 0.25) is 0 Å². The van der Waals surface area contributed by atoms with Gasteiger partial charge in [0.05, 0.1) is 18.8 Å². The molecule has 0 saturated heterocycles. The second-order valence-corrected chi connectivity index (χ2v) is 7.13. The molecule has 0 radical (unpaired) electrons. The van der Waals surface area contributed by atoms with Crippen LogP contribution in [0.4, 0.5) is 0 Å². The highest BCUT2D eigenvalue weighted by Crippen LogP contribution is 2.43. The molecule has 5 heteroatoms. The molecule has 0 aromatic heterocycles. The maximum atomic E-state index is 12.5. The highest BCUT2D eigenvalue weighted by atomic mass is 16.5. The van der Waals surface area contributed by atoms with Crippen LogP contribution in [0.25, 0.3) is 0 Å². The van der Waals surface area contributed by atoms with Crippen molar-refractivity contribution in [3.05, 3.63) is 29.8 Å². The molecule has 2 atom stereocenters. The molecule has 134 valence electrons. The van der Waals surface area contributed by atoms with Gasteiger partial charge in [-0.15, -0.1) is 0 Å². The number of methoxy groups -OCH3 is 1. The predicted octanol–water partition coefficient (Wildman–Crippen LogP) is 3.03. The van der Waals surface area contributed by atoms with E-state index < -0.39 is 0 Å². The van der Waals surface area contributed by atoms with Crippen LogP contribution in [0.15, 0.2) is 24.3 Å². The zero-order valence-corrected chi connectivity index (χ0v) is 15.3. The van der Waals surface area contributed by atoms with Crippen molar-refractivity contribution in [3.63, 3.8) is 0 Å². The Morgan fingerprint density at radius 3 is 2.71 bits per heavy atom. The summed E-state index contributed by atoms with van der Waals surface area (Å²) in [5, 5.41) is 3.12. The minimum Gasteiger partial charge on any atom is -0.491 e. The van der Waals surface area contributed by atoms with E-state index in [1.165, 1.54) is 0 Å². The van der Waals surface area contributed by atoms with Gasteiger partial charge in [0, 0.05) is 24.1 Å². The van der Waals surface area contributed by atoms with E-state index >= 15 is 0 Å². The molecule has 1 aromatic rings. The van der Waals surface area contributed by atoms with E-state index in [0.717, 1.165) is 6.42 Å². The second kappa shape index (κ2) is 7.99. The molecule has 1 aliphatic rings. The number of nitrogens with one attached hydrogen (secondary N) is 1. The molecule has 1 aromatic carbocycles. The van der Waals surface area contributed by atoms with Gasteiger partial charge in [0.15, 0.2) is 0 Å². The molecule has 1 N–H and O–H groups in total. The van der Waals surface area contributed by atoms with Crippen molar-refractivity contribution in [2.24, 2.45) is 5.41 Å². The summed E-state index contributed by atoms with van der Waals surface area (Å²) in [7, 11) is 1.63. The van der Waals surface area contributed by atoms with E-state index in [4.69, 9.17) is 14.2 Å². The van der Waals surface area contributed by atoms with Gasteiger partial charge in [-0.05, 0) is 38.5 Å². The Labute approximate surface area is 144 Å². The fourth-order valence-electron chi connectivity index (χ4n) is 2.90. The molecular formula is C19H29NO4. The lowest BCUT2D eigenvalue weighted by atomic mass is 9.64. The topological polar surface area (TPSA) is 56.8 Å². The van der Waals surface area contributed by atoms with Crippen LogP contribution in [0.5, 0.6) is 5.75 Å². The summed E-state index contributed by atoms with van der Waals surface area (Å²) in [5.41, 5.74) is 0.543. The van der Waals surface area contributed by atoms with Gasteiger partial charge in [0.25, 0.3) is 5.91 Å². The molecule has 24 heavy (non-hydrogen) atoms. The predicted molar refractivity (Wildman–Crippen MR) is 93.5 cm³/mol. The molecule has 1 amide bonds. The first-order valence-corrected chi connectivity index (χ1v) is 8.52. The van der Waals surface area contributed by atoms with Gasteiger partial charge in [-0.25, -0.2) is 0 Å². The third kappa shape index (κ3) is 4.48. The smallest absolute Gasteiger partial charge is 0.251 e. The molecule has 1 fully saturated rings. The van der Waals surface area contributed by atoms with E-state index in [0.29, 0.717) is 24.5 Å². The van der Waals surface area contributed by atoms with Crippen molar-refractivity contribution < 1.29 is 19.0 Å². The zero-order valence-electron chi connectivity index (χ0n) is 15.3. The fraction of sp³-hybridized carbons (Fsp3) is 0.632. The molecule has 1 saturated carbocycles. The van der Waals surface area contributed by atoms with Crippen LogP contribution in [0, 0.1) is 5.41 Å². The van der Waals surface area contributed by atoms with Crippen molar-refractivity contribution in [2.75, 3.05) is 20.3 Å². The summed E-state index contributed by atoms with van der Waals surface area (Å²) in [6, 6.07) is 7.34. The Morgan fingerprint density at radius 1 is 1.33 bits per heavy atom. The Morgan fingerprint density at radius 2 is 2.08 bits per heavy atom. The van der Waals surface area contributed by atoms with Crippen molar-refractivity contribution in [1.82, 2.24) is 5.32 Å². The van der Waals surface area contributed by atoms with E-state index in [1.807, 2.05) is 26.0 Å². The van der Waals surface area contributed by atoms with E-state index in [-0.39, 0.29) is 29.6 Å². The van der Waals surface area contributed by atoms with Crippen LogP contribution >= 0.6 is 0 Å². The quantitative estimate of drug-likeness (QED) is 0.742. The van der Waals surface area contributed by atoms with Crippen LogP contribution in [-0.2, 0) is 9.47 Å². The normalized spacial score (nSPS) is 22.1. The standard InChI is InChI=1S/C19H29NO4/c1-13(2)24-17-12-16(19(17,3)4)20-18(21)14-7-6-8-15(11-14)23-10-9-22-5/h6-8,11,13,16-17H,9-10,12H2,1-5H3,(H,20,21)/t16-,17-/m0/s1. The third-order valence-corrected chi connectivity index (χ3v) is 4.57. The number of hydrogen-bond donors (Lipinski definition) is 1. The maximum absolute atomic E-state index is 12.5. The number of hydrogen-bond acceptors (Lipinski definition) is 4. The highest BCUT2D eigenvalue weighted by molar-refractivity contribution is 5.94. The summed E-state index contributed by atoms with van der Waals surface area (Å²) >= 11 is 0. The average Bonchev–Trinajstić information content (AvgIpc) is 2.54. The summed E-state index contributed by atoms with van der Waals surface area (Å²) in [4.78, 5) is 12.5. The van der Waals surface area contributed by atoms with Gasteiger partial charge in [0.1, 0.15) is 12.4 Å². The molecule has 0 heterocycles. The average molecular weight is 335 g/mol. The van der Waals surface area contributed by atoms with Gasteiger partial charge in [-0.1, -0.05) is 19.9 Å². The third-order valence-electron chi connectivity index (χ3n) is 4.57. The lowest BCUT2D eigenvalue weighted by Gasteiger charge is -2.52. The first kappa shape index (κ1) is 18.7. The summed E-state index contributed by atoms with van der Waals surface area (Å²) < 4.78 is 16.4. The summed E-state index contributed by atoms with van der Waals surface area (Å²) in [6.07, 6.45) is 1.24. The first-order valence-electron chi connectivity index (χ1n) is 8.52. The van der Waals surface area contributed by atoms with Gasteiger partial charge < -0.3 is 19.5 Å². The van der Waals surface area contributed by atoms with Crippen molar-refractivity contribution in [3.8, 4) is 5.75 Å². The monoisotopic (exact) mass is 335 g/mol. The number of ether oxygens (including phenoxy) is 3. The first-order chi connectivity index (χ1) is 11.3. The molecule has 0 bridgehead atoms. The molecule has 0 aliphatic heterocycles. The molecule has 5 nitrogen and oxygen atoms in total. The lowest BCUT2D eigenvalue weighted by Crippen LogP contribution is -2.62. The summed E-state index contributed by atoms with van der Waals surface area (Å²) in [6.45, 7) is 9.33. The van der Waals surface area contributed by atoms with E-state index in [9.17, 15) is 4.79 Å². The van der Waals surface area contributed by atoms with E-state index in [2.05, 4.69) is 19.2 Å². The Balaban J connectivity index is 1.92. The number of carbonyl (C=O) groups excluding carboxylic acids is 1. The second-order valence-electron chi connectivity index (χ2n) is 7.13. The lowest BCUT2D eigenvalue weighted by molar-refractivity contribution is -0.136. The molecule has 0 unspecified atom stereocenters. The van der Waals surface area contributed by atoms with Crippen molar-refractivity contribution in [2.45, 2.75) is 52.4 Å². The fourth-order valence-corrected chi connectivity index (χ4v) is 2.90. The molecule has 2 rings (SSSR count). The SMILES string of the molecule is COCCOc1cccc(C(=O)N[C@H]2C[C@H](OC(C)C)C2(C)C)c1. The van der Waals surface area contributed by atoms with Crippen molar-refractivity contribution >= 4 is 5.91 Å². The molecule has 1 aliphatic carbocycles. The number of carbonyl (C=O) groups is 1. The van der Waals surface area contributed by atoms with Gasteiger partial charge in [0.2, 0.25) is 0 Å². The minimum absolute atomic E-state index is 0.0630. The Bertz CT molecular complexity index is 556. The minimum atomic E-state index is -0.0757. The van der Waals surface area contributed by atoms with Gasteiger partial charge in [-0.3, -0.25) is 4.79 Å². The van der Waals surface area contributed by atoms with Crippen molar-refractivity contribution in [1.29, 1.82) is 0 Å². The summed E-state index contributed by atoms with van der Waals surface area (Å²) in [5.74, 6) is 0.599. The molecular weight excluding hydrogens is 306 g/mol.